The molecule has 1 aromatic heterocycles. The van der Waals surface area contributed by atoms with Crippen molar-refractivity contribution in [3.63, 3.8) is 0 Å². The van der Waals surface area contributed by atoms with E-state index in [4.69, 9.17) is 0 Å². The van der Waals surface area contributed by atoms with Gasteiger partial charge in [0.05, 0.1) is 5.69 Å². The molecule has 14 heavy (non-hydrogen) atoms. The number of hydrogen-bond acceptors (Lipinski definition) is 1. The first-order valence-corrected chi connectivity index (χ1v) is 4.69. The van der Waals surface area contributed by atoms with Crippen LogP contribution in [0.25, 0.3) is 11.3 Å². The van der Waals surface area contributed by atoms with Crippen molar-refractivity contribution < 1.29 is 0 Å². The molecule has 1 radical (unpaired) electrons. The van der Waals surface area contributed by atoms with Crippen molar-refractivity contribution in [2.75, 3.05) is 0 Å². The molecule has 0 aliphatic heterocycles. The van der Waals surface area contributed by atoms with Crippen LogP contribution in [0.2, 0.25) is 0 Å². The normalized spacial score (nSPS) is 10.4. The van der Waals surface area contributed by atoms with Crippen LogP contribution in [-0.4, -0.2) is 9.78 Å². The Morgan fingerprint density at radius 2 is 2.00 bits per heavy atom. The van der Waals surface area contributed by atoms with E-state index >= 15 is 0 Å². The second-order valence-electron chi connectivity index (χ2n) is 3.26. The van der Waals surface area contributed by atoms with Crippen LogP contribution in [-0.2, 0) is 13.5 Å². The van der Waals surface area contributed by atoms with Crippen LogP contribution in [0.3, 0.4) is 0 Å². The fourth-order valence-corrected chi connectivity index (χ4v) is 1.49. The topological polar surface area (TPSA) is 17.8 Å². The molecule has 0 amide bonds. The average molecular weight is 185 g/mol. The van der Waals surface area contributed by atoms with Crippen molar-refractivity contribution in [1.82, 2.24) is 9.78 Å². The summed E-state index contributed by atoms with van der Waals surface area (Å²) in [6.07, 6.45) is 0.774. The van der Waals surface area contributed by atoms with E-state index in [1.54, 1.807) is 0 Å². The molecule has 1 heterocycles. The quantitative estimate of drug-likeness (QED) is 0.702. The van der Waals surface area contributed by atoms with Crippen molar-refractivity contribution >= 4 is 0 Å². The Kier molecular flexibility index (Phi) is 2.35. The SMILES string of the molecule is [CH2]Cc1cc(-c2ccccc2)nn1C. The van der Waals surface area contributed by atoms with Gasteiger partial charge in [-0.15, -0.1) is 0 Å². The summed E-state index contributed by atoms with van der Waals surface area (Å²) in [4.78, 5) is 0. The van der Waals surface area contributed by atoms with Gasteiger partial charge in [-0.25, -0.2) is 0 Å². The molecule has 0 bridgehead atoms. The summed E-state index contributed by atoms with van der Waals surface area (Å²) in [5.74, 6) is 0. The molecule has 0 N–H and O–H groups in total. The molecular weight excluding hydrogens is 172 g/mol. The van der Waals surface area contributed by atoms with Crippen LogP contribution < -0.4 is 0 Å². The Hall–Kier alpha value is -1.57. The lowest BCUT2D eigenvalue weighted by Gasteiger charge is -1.94. The first-order valence-electron chi connectivity index (χ1n) is 4.69. The zero-order valence-electron chi connectivity index (χ0n) is 8.27. The maximum atomic E-state index is 4.43. The second-order valence-corrected chi connectivity index (χ2v) is 3.26. The van der Waals surface area contributed by atoms with Crippen LogP contribution in [0.15, 0.2) is 36.4 Å². The highest BCUT2D eigenvalue weighted by molar-refractivity contribution is 5.59. The standard InChI is InChI=1S/C12H13N2/c1-3-11-9-12(13-14(11)2)10-7-5-4-6-8-10/h4-9H,1,3H2,2H3. The van der Waals surface area contributed by atoms with Gasteiger partial charge in [0.15, 0.2) is 0 Å². The Morgan fingerprint density at radius 3 is 2.57 bits per heavy atom. The molecule has 0 atom stereocenters. The van der Waals surface area contributed by atoms with Gasteiger partial charge in [0.1, 0.15) is 0 Å². The van der Waals surface area contributed by atoms with E-state index in [0.29, 0.717) is 0 Å². The fraction of sp³-hybridized carbons (Fsp3) is 0.167. The van der Waals surface area contributed by atoms with Crippen LogP contribution in [0.4, 0.5) is 0 Å². The molecular formula is C12H13N2. The molecule has 2 aromatic rings. The van der Waals surface area contributed by atoms with Gasteiger partial charge in [-0.1, -0.05) is 30.3 Å². The Morgan fingerprint density at radius 1 is 1.29 bits per heavy atom. The maximum Gasteiger partial charge on any atom is 0.0925 e. The number of aromatic nitrogens is 2. The summed E-state index contributed by atoms with van der Waals surface area (Å²) in [5.41, 5.74) is 3.33. The molecule has 0 saturated carbocycles. The van der Waals surface area contributed by atoms with Crippen molar-refractivity contribution in [3.8, 4) is 11.3 Å². The lowest BCUT2D eigenvalue weighted by Crippen LogP contribution is -1.95. The van der Waals surface area contributed by atoms with Crippen LogP contribution in [0.1, 0.15) is 5.69 Å². The Bertz CT molecular complexity index is 415. The van der Waals surface area contributed by atoms with E-state index in [-0.39, 0.29) is 0 Å². The molecule has 0 aliphatic carbocycles. The summed E-state index contributed by atoms with van der Waals surface area (Å²) >= 11 is 0. The number of hydrogen-bond donors (Lipinski definition) is 0. The number of rotatable bonds is 2. The highest BCUT2D eigenvalue weighted by Gasteiger charge is 2.04. The number of aryl methyl sites for hydroxylation is 1. The van der Waals surface area contributed by atoms with E-state index in [1.165, 1.54) is 0 Å². The molecule has 71 valence electrons. The molecule has 2 nitrogen and oxygen atoms in total. The summed E-state index contributed by atoms with van der Waals surface area (Å²) in [5, 5.41) is 4.43. The minimum absolute atomic E-state index is 0.774. The number of nitrogens with zero attached hydrogens (tertiary/aromatic N) is 2. The van der Waals surface area contributed by atoms with Gasteiger partial charge in [-0.2, -0.15) is 5.10 Å². The van der Waals surface area contributed by atoms with Gasteiger partial charge < -0.3 is 0 Å². The Balaban J connectivity index is 2.43. The van der Waals surface area contributed by atoms with Gasteiger partial charge >= 0.3 is 0 Å². The third-order valence-corrected chi connectivity index (χ3v) is 2.30. The van der Waals surface area contributed by atoms with Gasteiger partial charge in [-0.05, 0) is 19.4 Å². The second kappa shape index (κ2) is 3.66. The Labute approximate surface area is 84.2 Å². The van der Waals surface area contributed by atoms with Crippen LogP contribution >= 0.6 is 0 Å². The first kappa shape index (κ1) is 9.00. The molecule has 0 unspecified atom stereocenters. The average Bonchev–Trinajstić information content (AvgIpc) is 2.61. The molecule has 0 saturated heterocycles. The molecule has 2 rings (SSSR count). The number of benzene rings is 1. The van der Waals surface area contributed by atoms with Crippen LogP contribution in [0.5, 0.6) is 0 Å². The van der Waals surface area contributed by atoms with Crippen molar-refractivity contribution in [3.05, 3.63) is 49.0 Å². The van der Waals surface area contributed by atoms with Crippen molar-refractivity contribution in [1.29, 1.82) is 0 Å². The van der Waals surface area contributed by atoms with Gasteiger partial charge in [0.25, 0.3) is 0 Å². The zero-order valence-corrected chi connectivity index (χ0v) is 8.27. The third-order valence-electron chi connectivity index (χ3n) is 2.30. The lowest BCUT2D eigenvalue weighted by atomic mass is 10.1. The highest BCUT2D eigenvalue weighted by Crippen LogP contribution is 2.18. The van der Waals surface area contributed by atoms with E-state index < -0.39 is 0 Å². The minimum atomic E-state index is 0.774. The van der Waals surface area contributed by atoms with E-state index in [9.17, 15) is 0 Å². The highest BCUT2D eigenvalue weighted by atomic mass is 15.3. The summed E-state index contributed by atoms with van der Waals surface area (Å²) in [7, 11) is 1.95. The predicted molar refractivity (Wildman–Crippen MR) is 57.7 cm³/mol. The minimum Gasteiger partial charge on any atom is -0.272 e. The van der Waals surface area contributed by atoms with Crippen LogP contribution in [0, 0.1) is 6.92 Å². The summed E-state index contributed by atoms with van der Waals surface area (Å²) in [6.45, 7) is 3.86. The largest absolute Gasteiger partial charge is 0.272 e. The van der Waals surface area contributed by atoms with E-state index in [0.717, 1.165) is 23.4 Å². The van der Waals surface area contributed by atoms with Crippen molar-refractivity contribution in [2.45, 2.75) is 6.42 Å². The summed E-state index contributed by atoms with van der Waals surface area (Å²) in [6, 6.07) is 12.3. The van der Waals surface area contributed by atoms with E-state index in [2.05, 4.69) is 30.2 Å². The molecule has 1 aromatic carbocycles. The molecule has 2 heteroatoms. The first-order chi connectivity index (χ1) is 6.81. The lowest BCUT2D eigenvalue weighted by molar-refractivity contribution is 0.729. The fourth-order valence-electron chi connectivity index (χ4n) is 1.49. The molecule has 0 fully saturated rings. The maximum absolute atomic E-state index is 4.43. The molecule has 0 spiro atoms. The summed E-state index contributed by atoms with van der Waals surface area (Å²) < 4.78 is 1.88. The third kappa shape index (κ3) is 1.55. The van der Waals surface area contributed by atoms with Gasteiger partial charge in [0.2, 0.25) is 0 Å². The van der Waals surface area contributed by atoms with Gasteiger partial charge in [-0.3, -0.25) is 4.68 Å². The zero-order chi connectivity index (χ0) is 9.97. The van der Waals surface area contributed by atoms with E-state index in [1.807, 2.05) is 29.9 Å². The molecule has 0 aliphatic rings. The predicted octanol–water partition coefficient (Wildman–Crippen LogP) is 2.46. The van der Waals surface area contributed by atoms with Gasteiger partial charge in [0, 0.05) is 18.3 Å². The smallest absolute Gasteiger partial charge is 0.0925 e. The van der Waals surface area contributed by atoms with Crippen molar-refractivity contribution in [2.24, 2.45) is 7.05 Å². The monoisotopic (exact) mass is 185 g/mol.